The van der Waals surface area contributed by atoms with Crippen LogP contribution in [0, 0.1) is 17.3 Å². The molecule has 2 fully saturated rings. The molecule has 2 rings (SSSR count). The predicted molar refractivity (Wildman–Crippen MR) is 93.2 cm³/mol. The molecule has 1 aliphatic heterocycles. The monoisotopic (exact) mass is 309 g/mol. The number of hydrogen-bond acceptors (Lipinski definition) is 2. The van der Waals surface area contributed by atoms with E-state index in [-0.39, 0.29) is 5.41 Å². The highest BCUT2D eigenvalue weighted by atomic mass is 16.5. The topological polar surface area (TPSA) is 45.7 Å². The van der Waals surface area contributed by atoms with Gasteiger partial charge in [-0.15, -0.1) is 0 Å². The Balaban J connectivity index is 1.80. The van der Waals surface area contributed by atoms with Gasteiger partial charge >= 0.3 is 0 Å². The van der Waals surface area contributed by atoms with E-state index in [0.717, 1.165) is 18.5 Å². The predicted octanol–water partition coefficient (Wildman–Crippen LogP) is 3.18. The summed E-state index contributed by atoms with van der Waals surface area (Å²) in [6.45, 7) is 12.3. The summed E-state index contributed by atoms with van der Waals surface area (Å²) >= 11 is 0. The fourth-order valence-corrected chi connectivity index (χ4v) is 4.07. The van der Waals surface area contributed by atoms with E-state index in [2.05, 4.69) is 50.2 Å². The Morgan fingerprint density at radius 1 is 1.27 bits per heavy atom. The van der Waals surface area contributed by atoms with Crippen molar-refractivity contribution in [2.45, 2.75) is 78.5 Å². The van der Waals surface area contributed by atoms with Crippen molar-refractivity contribution in [1.82, 2.24) is 10.6 Å². The van der Waals surface area contributed by atoms with Crippen LogP contribution in [0.4, 0.5) is 0 Å². The minimum atomic E-state index is 0.194. The van der Waals surface area contributed by atoms with Crippen LogP contribution in [0.1, 0.15) is 60.3 Å². The molecule has 0 bridgehead atoms. The summed E-state index contributed by atoms with van der Waals surface area (Å²) in [5.41, 5.74) is 0.194. The molecule has 4 nitrogen and oxygen atoms in total. The van der Waals surface area contributed by atoms with E-state index in [9.17, 15) is 0 Å². The third kappa shape index (κ3) is 3.76. The van der Waals surface area contributed by atoms with E-state index in [4.69, 9.17) is 4.74 Å². The first-order valence-electron chi connectivity index (χ1n) is 8.97. The molecule has 0 spiro atoms. The zero-order valence-corrected chi connectivity index (χ0v) is 15.3. The third-order valence-corrected chi connectivity index (χ3v) is 5.42. The average Bonchev–Trinajstić information content (AvgIpc) is 2.89. The van der Waals surface area contributed by atoms with Gasteiger partial charge in [0.15, 0.2) is 5.96 Å². The number of ether oxygens (including phenoxy) is 1. The molecule has 1 saturated heterocycles. The van der Waals surface area contributed by atoms with Crippen LogP contribution in [0.25, 0.3) is 0 Å². The van der Waals surface area contributed by atoms with Crippen LogP contribution in [0.15, 0.2) is 4.99 Å². The Morgan fingerprint density at radius 3 is 2.64 bits per heavy atom. The molecule has 4 unspecified atom stereocenters. The lowest BCUT2D eigenvalue weighted by Gasteiger charge is -2.55. The smallest absolute Gasteiger partial charge is 0.191 e. The lowest BCUT2D eigenvalue weighted by molar-refractivity contribution is -0.106. The van der Waals surface area contributed by atoms with Crippen LogP contribution in [0.2, 0.25) is 0 Å². The lowest BCUT2D eigenvalue weighted by atomic mass is 9.57. The van der Waals surface area contributed by atoms with Gasteiger partial charge in [0, 0.05) is 37.1 Å². The van der Waals surface area contributed by atoms with E-state index in [1.807, 2.05) is 7.05 Å². The standard InChI is InChI=1S/C18H35N3O/c1-12(2)8-7-9-13(3)20-17(19-6)21-15-14-10-11-22-16(14)18(15,4)5/h12-16H,7-11H2,1-6H3,(H2,19,20,21). The van der Waals surface area contributed by atoms with Crippen molar-refractivity contribution in [3.8, 4) is 0 Å². The van der Waals surface area contributed by atoms with Gasteiger partial charge in [0.2, 0.25) is 0 Å². The fraction of sp³-hybridized carbons (Fsp3) is 0.944. The number of rotatable bonds is 6. The van der Waals surface area contributed by atoms with Gasteiger partial charge in [-0.25, -0.2) is 0 Å². The van der Waals surface area contributed by atoms with Crippen molar-refractivity contribution in [2.75, 3.05) is 13.7 Å². The molecule has 1 saturated carbocycles. The summed E-state index contributed by atoms with van der Waals surface area (Å²) < 4.78 is 5.87. The largest absolute Gasteiger partial charge is 0.377 e. The number of fused-ring (bicyclic) bond motifs is 1. The van der Waals surface area contributed by atoms with E-state index in [0.29, 0.717) is 24.1 Å². The second kappa shape index (κ2) is 7.20. The molecule has 4 heteroatoms. The molecule has 1 aliphatic carbocycles. The second-order valence-electron chi connectivity index (χ2n) is 8.13. The summed E-state index contributed by atoms with van der Waals surface area (Å²) in [7, 11) is 1.87. The van der Waals surface area contributed by atoms with Crippen molar-refractivity contribution < 1.29 is 4.74 Å². The molecule has 4 atom stereocenters. The Labute approximate surface area is 136 Å². The van der Waals surface area contributed by atoms with Gasteiger partial charge in [-0.1, -0.05) is 40.5 Å². The van der Waals surface area contributed by atoms with Gasteiger partial charge < -0.3 is 15.4 Å². The van der Waals surface area contributed by atoms with Crippen LogP contribution >= 0.6 is 0 Å². The Hall–Kier alpha value is -0.770. The van der Waals surface area contributed by atoms with E-state index >= 15 is 0 Å². The molecule has 22 heavy (non-hydrogen) atoms. The van der Waals surface area contributed by atoms with Crippen molar-refractivity contribution in [3.05, 3.63) is 0 Å². The van der Waals surface area contributed by atoms with Crippen LogP contribution in [0.5, 0.6) is 0 Å². The van der Waals surface area contributed by atoms with Gasteiger partial charge in [-0.05, 0) is 25.7 Å². The molecule has 2 N–H and O–H groups in total. The fourth-order valence-electron chi connectivity index (χ4n) is 4.07. The first-order chi connectivity index (χ1) is 10.4. The zero-order valence-electron chi connectivity index (χ0n) is 15.3. The highest BCUT2D eigenvalue weighted by Crippen LogP contribution is 2.52. The van der Waals surface area contributed by atoms with Crippen LogP contribution in [0.3, 0.4) is 0 Å². The van der Waals surface area contributed by atoms with Crippen LogP contribution in [-0.4, -0.2) is 37.8 Å². The van der Waals surface area contributed by atoms with Crippen molar-refractivity contribution in [2.24, 2.45) is 22.2 Å². The summed E-state index contributed by atoms with van der Waals surface area (Å²) in [4.78, 5) is 4.43. The zero-order chi connectivity index (χ0) is 16.3. The maximum absolute atomic E-state index is 5.87. The van der Waals surface area contributed by atoms with Gasteiger partial charge in [-0.3, -0.25) is 4.99 Å². The number of hydrogen-bond donors (Lipinski definition) is 2. The normalized spacial score (nSPS) is 31.6. The summed E-state index contributed by atoms with van der Waals surface area (Å²) in [6, 6.07) is 0.929. The molecule has 0 aromatic carbocycles. The molecular weight excluding hydrogens is 274 g/mol. The molecule has 128 valence electrons. The summed E-state index contributed by atoms with van der Waals surface area (Å²) in [5, 5.41) is 7.21. The Bertz CT molecular complexity index is 392. The lowest BCUT2D eigenvalue weighted by Crippen LogP contribution is -2.68. The van der Waals surface area contributed by atoms with E-state index in [1.165, 1.54) is 25.7 Å². The van der Waals surface area contributed by atoms with E-state index < -0.39 is 0 Å². The molecule has 0 aromatic rings. The van der Waals surface area contributed by atoms with Gasteiger partial charge in [0.05, 0.1) is 6.10 Å². The number of nitrogens with one attached hydrogen (secondary N) is 2. The Morgan fingerprint density at radius 2 is 2.00 bits per heavy atom. The van der Waals surface area contributed by atoms with Gasteiger partial charge in [-0.2, -0.15) is 0 Å². The molecule has 2 aliphatic rings. The van der Waals surface area contributed by atoms with Gasteiger partial charge in [0.1, 0.15) is 0 Å². The Kier molecular flexibility index (Phi) is 5.76. The minimum Gasteiger partial charge on any atom is -0.377 e. The van der Waals surface area contributed by atoms with E-state index in [1.54, 1.807) is 0 Å². The molecule has 0 aromatic heterocycles. The maximum atomic E-state index is 5.87. The highest BCUT2D eigenvalue weighted by molar-refractivity contribution is 5.80. The molecule has 0 radical (unpaired) electrons. The molecule has 0 amide bonds. The molecule has 1 heterocycles. The first-order valence-corrected chi connectivity index (χ1v) is 8.97. The highest BCUT2D eigenvalue weighted by Gasteiger charge is 2.59. The quantitative estimate of drug-likeness (QED) is 0.585. The molecular formula is C18H35N3O. The summed E-state index contributed by atoms with van der Waals surface area (Å²) in [6.07, 6.45) is 5.37. The van der Waals surface area contributed by atoms with Crippen molar-refractivity contribution in [3.63, 3.8) is 0 Å². The number of aliphatic imine (C=N–C) groups is 1. The van der Waals surface area contributed by atoms with Gasteiger partial charge in [0.25, 0.3) is 0 Å². The number of nitrogens with zero attached hydrogens (tertiary/aromatic N) is 1. The summed E-state index contributed by atoms with van der Waals surface area (Å²) in [5.74, 6) is 2.38. The second-order valence-corrected chi connectivity index (χ2v) is 8.13. The van der Waals surface area contributed by atoms with Crippen molar-refractivity contribution in [1.29, 1.82) is 0 Å². The SMILES string of the molecule is CN=C(NC(C)CCCC(C)C)NC1C2CCOC2C1(C)C. The third-order valence-electron chi connectivity index (χ3n) is 5.42. The van der Waals surface area contributed by atoms with Crippen LogP contribution in [-0.2, 0) is 4.74 Å². The maximum Gasteiger partial charge on any atom is 0.191 e. The number of guanidine groups is 1. The first kappa shape index (κ1) is 17.6. The van der Waals surface area contributed by atoms with Crippen molar-refractivity contribution >= 4 is 5.96 Å². The average molecular weight is 309 g/mol. The van der Waals surface area contributed by atoms with Crippen LogP contribution < -0.4 is 10.6 Å². The minimum absolute atomic E-state index is 0.194.